The predicted molar refractivity (Wildman–Crippen MR) is 117 cm³/mol. The van der Waals surface area contributed by atoms with Crippen LogP contribution in [-0.2, 0) is 14.8 Å². The quantitative estimate of drug-likeness (QED) is 0.672. The van der Waals surface area contributed by atoms with Gasteiger partial charge in [-0.05, 0) is 43.5 Å². The second-order valence-electron chi connectivity index (χ2n) is 7.41. The number of para-hydroxylation sites is 1. The van der Waals surface area contributed by atoms with Crippen molar-refractivity contribution in [1.29, 1.82) is 0 Å². The molecule has 1 saturated heterocycles. The van der Waals surface area contributed by atoms with E-state index in [-0.39, 0.29) is 18.5 Å². The fraction of sp³-hybridized carbons (Fsp3) is 0.409. The van der Waals surface area contributed by atoms with Crippen molar-refractivity contribution in [3.05, 3.63) is 53.6 Å². The Bertz CT molecular complexity index is 1020. The van der Waals surface area contributed by atoms with Gasteiger partial charge in [0, 0.05) is 18.2 Å². The largest absolute Gasteiger partial charge is 0.497 e. The van der Waals surface area contributed by atoms with Crippen molar-refractivity contribution in [1.82, 2.24) is 4.90 Å². The minimum Gasteiger partial charge on any atom is -0.497 e. The van der Waals surface area contributed by atoms with Crippen molar-refractivity contribution >= 4 is 21.6 Å². The molecule has 0 radical (unpaired) electrons. The van der Waals surface area contributed by atoms with Crippen molar-refractivity contribution in [2.45, 2.75) is 25.8 Å². The average Bonchev–Trinajstić information content (AvgIpc) is 3.21. The molecule has 0 bridgehead atoms. The normalized spacial score (nSPS) is 16.4. The molecule has 162 valence electrons. The van der Waals surface area contributed by atoms with E-state index in [9.17, 15) is 13.2 Å². The number of sulfonamides is 1. The van der Waals surface area contributed by atoms with E-state index in [1.165, 1.54) is 4.31 Å². The number of amides is 1. The number of carbonyl (C=O) groups excluding carboxylic acids is 1. The van der Waals surface area contributed by atoms with Crippen molar-refractivity contribution in [3.63, 3.8) is 0 Å². The number of anilines is 1. The van der Waals surface area contributed by atoms with Crippen LogP contribution < -0.4 is 13.8 Å². The van der Waals surface area contributed by atoms with E-state index < -0.39 is 10.0 Å². The number of carbonyl (C=O) groups is 1. The monoisotopic (exact) mass is 432 g/mol. The highest BCUT2D eigenvalue weighted by atomic mass is 32.2. The highest BCUT2D eigenvalue weighted by Gasteiger charge is 2.34. The van der Waals surface area contributed by atoms with Crippen LogP contribution in [-0.4, -0.2) is 52.8 Å². The van der Waals surface area contributed by atoms with Gasteiger partial charge in [-0.25, -0.2) is 8.42 Å². The molecule has 7 nitrogen and oxygen atoms in total. The van der Waals surface area contributed by atoms with E-state index >= 15 is 0 Å². The third-order valence-electron chi connectivity index (χ3n) is 5.44. The Morgan fingerprint density at radius 2 is 1.90 bits per heavy atom. The highest BCUT2D eigenvalue weighted by molar-refractivity contribution is 7.92. The van der Waals surface area contributed by atoms with E-state index in [0.29, 0.717) is 23.7 Å². The number of methoxy groups -OCH3 is 2. The van der Waals surface area contributed by atoms with Crippen LogP contribution in [0.1, 0.15) is 30.0 Å². The lowest BCUT2D eigenvalue weighted by Crippen LogP contribution is -2.42. The van der Waals surface area contributed by atoms with Crippen LogP contribution in [0.15, 0.2) is 42.5 Å². The molecule has 1 unspecified atom stereocenters. The summed E-state index contributed by atoms with van der Waals surface area (Å²) in [5, 5.41) is 0. The van der Waals surface area contributed by atoms with Gasteiger partial charge >= 0.3 is 0 Å². The van der Waals surface area contributed by atoms with Crippen molar-refractivity contribution < 1.29 is 22.7 Å². The Kier molecular flexibility index (Phi) is 6.55. The van der Waals surface area contributed by atoms with Gasteiger partial charge < -0.3 is 14.4 Å². The molecule has 1 heterocycles. The van der Waals surface area contributed by atoms with Crippen molar-refractivity contribution in [3.8, 4) is 11.5 Å². The number of aryl methyl sites for hydroxylation is 1. The van der Waals surface area contributed by atoms with Gasteiger partial charge in [-0.15, -0.1) is 0 Å². The molecular formula is C22H28N2O5S. The number of likely N-dealkylation sites (tertiary alicyclic amines) is 1. The molecule has 0 N–H and O–H groups in total. The molecule has 1 aliphatic rings. The van der Waals surface area contributed by atoms with E-state index in [4.69, 9.17) is 9.47 Å². The molecule has 1 aliphatic heterocycles. The van der Waals surface area contributed by atoms with Gasteiger partial charge in [-0.2, -0.15) is 0 Å². The summed E-state index contributed by atoms with van der Waals surface area (Å²) in [5.74, 6) is 1.09. The smallest absolute Gasteiger partial charge is 0.243 e. The van der Waals surface area contributed by atoms with E-state index in [0.717, 1.165) is 30.2 Å². The summed E-state index contributed by atoms with van der Waals surface area (Å²) in [7, 11) is -0.450. The number of hydrogen-bond acceptors (Lipinski definition) is 5. The topological polar surface area (TPSA) is 76.2 Å². The van der Waals surface area contributed by atoms with Gasteiger partial charge in [0.15, 0.2) is 0 Å². The van der Waals surface area contributed by atoms with E-state index in [2.05, 4.69) is 0 Å². The molecule has 1 amide bonds. The lowest BCUT2D eigenvalue weighted by Gasteiger charge is -2.30. The first-order valence-corrected chi connectivity index (χ1v) is 11.7. The number of nitrogens with zero attached hydrogens (tertiary/aromatic N) is 2. The Labute approximate surface area is 178 Å². The minimum atomic E-state index is -3.62. The van der Waals surface area contributed by atoms with E-state index in [1.807, 2.05) is 31.2 Å². The van der Waals surface area contributed by atoms with Gasteiger partial charge in [-0.1, -0.05) is 18.2 Å². The number of benzene rings is 2. The Morgan fingerprint density at radius 3 is 2.53 bits per heavy atom. The standard InChI is InChI=1S/C22H28N2O5S/c1-16-8-5-6-9-19(16)24(30(4,26)27)15-22(25)23-13-7-10-20(23)18-12-11-17(28-2)14-21(18)29-3/h5-6,8-9,11-12,14,20H,7,10,13,15H2,1-4H3. The van der Waals surface area contributed by atoms with E-state index in [1.54, 1.807) is 37.3 Å². The first kappa shape index (κ1) is 22.0. The van der Waals surface area contributed by atoms with Crippen LogP contribution in [0.4, 0.5) is 5.69 Å². The van der Waals surface area contributed by atoms with Crippen LogP contribution in [0.2, 0.25) is 0 Å². The molecule has 0 aromatic heterocycles. The summed E-state index contributed by atoms with van der Waals surface area (Å²) in [4.78, 5) is 15.0. The molecule has 0 spiro atoms. The highest BCUT2D eigenvalue weighted by Crippen LogP contribution is 2.39. The lowest BCUT2D eigenvalue weighted by atomic mass is 10.0. The first-order chi connectivity index (χ1) is 14.3. The minimum absolute atomic E-state index is 0.170. The van der Waals surface area contributed by atoms with Crippen LogP contribution in [0.3, 0.4) is 0 Å². The molecule has 8 heteroatoms. The van der Waals surface area contributed by atoms with Crippen LogP contribution in [0, 0.1) is 6.92 Å². The first-order valence-electron chi connectivity index (χ1n) is 9.81. The predicted octanol–water partition coefficient (Wildman–Crippen LogP) is 3.14. The maximum absolute atomic E-state index is 13.2. The summed E-state index contributed by atoms with van der Waals surface area (Å²) in [6.45, 7) is 2.17. The fourth-order valence-corrected chi connectivity index (χ4v) is 4.83. The summed E-state index contributed by atoms with van der Waals surface area (Å²) < 4.78 is 36.9. The van der Waals surface area contributed by atoms with Gasteiger partial charge in [0.25, 0.3) is 0 Å². The second kappa shape index (κ2) is 8.95. The van der Waals surface area contributed by atoms with Crippen molar-refractivity contribution in [2.75, 3.05) is 37.9 Å². The summed E-state index contributed by atoms with van der Waals surface area (Å²) >= 11 is 0. The Hall–Kier alpha value is -2.74. The second-order valence-corrected chi connectivity index (χ2v) is 9.32. The van der Waals surface area contributed by atoms with Gasteiger partial charge in [0.2, 0.25) is 15.9 Å². The number of hydrogen-bond donors (Lipinski definition) is 0. The lowest BCUT2D eigenvalue weighted by molar-refractivity contribution is -0.130. The zero-order chi connectivity index (χ0) is 21.9. The molecule has 1 fully saturated rings. The molecule has 2 aromatic carbocycles. The molecule has 0 saturated carbocycles. The summed E-state index contributed by atoms with van der Waals surface area (Å²) in [5.41, 5.74) is 2.21. The zero-order valence-corrected chi connectivity index (χ0v) is 18.6. The third kappa shape index (κ3) is 4.53. The van der Waals surface area contributed by atoms with Gasteiger partial charge in [0.05, 0.1) is 32.2 Å². The average molecular weight is 433 g/mol. The molecule has 3 rings (SSSR count). The Balaban J connectivity index is 1.89. The molecule has 1 atom stereocenters. The number of ether oxygens (including phenoxy) is 2. The molecule has 2 aromatic rings. The van der Waals surface area contributed by atoms with Crippen LogP contribution in [0.25, 0.3) is 0 Å². The third-order valence-corrected chi connectivity index (χ3v) is 6.56. The molecule has 0 aliphatic carbocycles. The summed E-state index contributed by atoms with van der Waals surface area (Å²) in [6, 6.07) is 12.5. The van der Waals surface area contributed by atoms with Crippen molar-refractivity contribution in [2.24, 2.45) is 0 Å². The summed E-state index contributed by atoms with van der Waals surface area (Å²) in [6.07, 6.45) is 2.76. The Morgan fingerprint density at radius 1 is 1.17 bits per heavy atom. The van der Waals surface area contributed by atoms with Crippen LogP contribution >= 0.6 is 0 Å². The number of rotatable bonds is 7. The van der Waals surface area contributed by atoms with Gasteiger partial charge in [-0.3, -0.25) is 9.10 Å². The maximum atomic E-state index is 13.2. The zero-order valence-electron chi connectivity index (χ0n) is 17.8. The SMILES string of the molecule is COc1ccc(C2CCCN2C(=O)CN(c2ccccc2C)S(C)(=O)=O)c(OC)c1. The molecule has 30 heavy (non-hydrogen) atoms. The molecular weight excluding hydrogens is 404 g/mol. The van der Waals surface area contributed by atoms with Gasteiger partial charge in [0.1, 0.15) is 18.0 Å². The maximum Gasteiger partial charge on any atom is 0.243 e. The van der Waals surface area contributed by atoms with Crippen LogP contribution in [0.5, 0.6) is 11.5 Å². The fourth-order valence-electron chi connectivity index (χ4n) is 3.92.